The van der Waals surface area contributed by atoms with Crippen LogP contribution in [-0.4, -0.2) is 36.7 Å². The fourth-order valence-corrected chi connectivity index (χ4v) is 4.47. The van der Waals surface area contributed by atoms with E-state index < -0.39 is 5.97 Å². The van der Waals surface area contributed by atoms with Crippen LogP contribution in [-0.2, 0) is 9.53 Å². The second-order valence-electron chi connectivity index (χ2n) is 11.0. The van der Waals surface area contributed by atoms with Gasteiger partial charge in [-0.05, 0) is 86.8 Å². The van der Waals surface area contributed by atoms with Gasteiger partial charge in [-0.15, -0.1) is 0 Å². The molecule has 7 nitrogen and oxygen atoms in total. The second-order valence-corrected chi connectivity index (χ2v) is 11.0. The maximum Gasteiger partial charge on any atom is 0.343 e. The SMILES string of the molecule is C=C(C)C(=O)OCCCCCCCCCCOc1ccc(C(=O)Oc2ccc(-c3ccc(OCCCCC)cn3)cc2)cc1. The average molecular weight is 602 g/mol. The predicted octanol–water partition coefficient (Wildman–Crippen LogP) is 9.16. The smallest absolute Gasteiger partial charge is 0.343 e. The Morgan fingerprint density at radius 3 is 1.80 bits per heavy atom. The summed E-state index contributed by atoms with van der Waals surface area (Å²) in [4.78, 5) is 28.5. The number of aromatic nitrogens is 1. The maximum absolute atomic E-state index is 12.6. The Kier molecular flexibility index (Phi) is 15.6. The van der Waals surface area contributed by atoms with Gasteiger partial charge in [0.05, 0.1) is 37.3 Å². The first-order valence-corrected chi connectivity index (χ1v) is 15.9. The molecule has 7 heteroatoms. The summed E-state index contributed by atoms with van der Waals surface area (Å²) in [5, 5.41) is 0. The van der Waals surface area contributed by atoms with Crippen LogP contribution in [0.3, 0.4) is 0 Å². The molecule has 0 saturated carbocycles. The zero-order valence-corrected chi connectivity index (χ0v) is 26.4. The van der Waals surface area contributed by atoms with Gasteiger partial charge in [-0.3, -0.25) is 4.98 Å². The number of hydrogen-bond donors (Lipinski definition) is 0. The Morgan fingerprint density at radius 1 is 0.659 bits per heavy atom. The summed E-state index contributed by atoms with van der Waals surface area (Å²) < 4.78 is 22.2. The molecule has 0 aliphatic carbocycles. The van der Waals surface area contributed by atoms with E-state index in [1.165, 1.54) is 19.3 Å². The molecule has 0 bridgehead atoms. The molecule has 0 aliphatic rings. The quantitative estimate of drug-likeness (QED) is 0.0521. The normalized spacial score (nSPS) is 10.7. The van der Waals surface area contributed by atoms with E-state index >= 15 is 0 Å². The zero-order valence-electron chi connectivity index (χ0n) is 26.4. The molecule has 0 spiro atoms. The minimum absolute atomic E-state index is 0.302. The Hall–Kier alpha value is -4.13. The number of benzene rings is 2. The van der Waals surface area contributed by atoms with Crippen molar-refractivity contribution in [3.8, 4) is 28.5 Å². The molecule has 0 N–H and O–H groups in total. The molecule has 2 aromatic carbocycles. The third-order valence-electron chi connectivity index (χ3n) is 7.09. The fourth-order valence-electron chi connectivity index (χ4n) is 4.47. The molecule has 0 radical (unpaired) electrons. The summed E-state index contributed by atoms with van der Waals surface area (Å²) in [7, 11) is 0. The molecule has 0 atom stereocenters. The molecule has 3 rings (SSSR count). The highest BCUT2D eigenvalue weighted by Crippen LogP contribution is 2.23. The summed E-state index contributed by atoms with van der Waals surface area (Å²) in [5.74, 6) is 1.26. The van der Waals surface area contributed by atoms with E-state index in [0.29, 0.717) is 36.7 Å². The monoisotopic (exact) mass is 601 g/mol. The second kappa shape index (κ2) is 19.9. The highest BCUT2D eigenvalue weighted by Gasteiger charge is 2.10. The van der Waals surface area contributed by atoms with Crippen LogP contribution in [0.1, 0.15) is 94.8 Å². The lowest BCUT2D eigenvalue weighted by molar-refractivity contribution is -0.139. The van der Waals surface area contributed by atoms with Crippen molar-refractivity contribution in [2.24, 2.45) is 0 Å². The van der Waals surface area contributed by atoms with Crippen molar-refractivity contribution in [1.29, 1.82) is 0 Å². The third-order valence-corrected chi connectivity index (χ3v) is 7.09. The molecular formula is C37H47NO6. The van der Waals surface area contributed by atoms with E-state index in [4.69, 9.17) is 18.9 Å². The third kappa shape index (κ3) is 13.0. The van der Waals surface area contributed by atoms with Gasteiger partial charge in [-0.25, -0.2) is 9.59 Å². The molecule has 0 aliphatic heterocycles. The van der Waals surface area contributed by atoms with Gasteiger partial charge in [-0.1, -0.05) is 64.9 Å². The van der Waals surface area contributed by atoms with Crippen LogP contribution in [0.2, 0.25) is 0 Å². The van der Waals surface area contributed by atoms with Crippen molar-refractivity contribution in [2.45, 2.75) is 84.5 Å². The number of rotatable bonds is 21. The lowest BCUT2D eigenvalue weighted by Gasteiger charge is -2.09. The molecule has 1 aromatic heterocycles. The first-order chi connectivity index (χ1) is 21.5. The first kappa shape index (κ1) is 34.4. The van der Waals surface area contributed by atoms with E-state index in [1.54, 1.807) is 49.5 Å². The molecule has 0 fully saturated rings. The Bertz CT molecular complexity index is 1270. The first-order valence-electron chi connectivity index (χ1n) is 15.9. The van der Waals surface area contributed by atoms with Crippen LogP contribution in [0.5, 0.6) is 17.2 Å². The number of nitrogens with zero attached hydrogens (tertiary/aromatic N) is 1. The highest BCUT2D eigenvalue weighted by atomic mass is 16.5. The lowest BCUT2D eigenvalue weighted by Crippen LogP contribution is -2.08. The Balaban J connectivity index is 1.28. The van der Waals surface area contributed by atoms with Crippen molar-refractivity contribution < 1.29 is 28.5 Å². The number of ether oxygens (including phenoxy) is 4. The zero-order chi connectivity index (χ0) is 31.4. The predicted molar refractivity (Wildman–Crippen MR) is 174 cm³/mol. The summed E-state index contributed by atoms with van der Waals surface area (Å²) in [6, 6.07) is 18.2. The van der Waals surface area contributed by atoms with E-state index in [0.717, 1.165) is 74.1 Å². The van der Waals surface area contributed by atoms with Gasteiger partial charge in [0.25, 0.3) is 0 Å². The number of carbonyl (C=O) groups is 2. The molecule has 0 unspecified atom stereocenters. The molecule has 44 heavy (non-hydrogen) atoms. The topological polar surface area (TPSA) is 84.0 Å². The van der Waals surface area contributed by atoms with E-state index in [9.17, 15) is 9.59 Å². The highest BCUT2D eigenvalue weighted by molar-refractivity contribution is 5.91. The molecule has 0 amide bonds. The van der Waals surface area contributed by atoms with Gasteiger partial charge in [-0.2, -0.15) is 0 Å². The summed E-state index contributed by atoms with van der Waals surface area (Å²) in [5.41, 5.74) is 2.67. The van der Waals surface area contributed by atoms with Crippen LogP contribution in [0.15, 0.2) is 79.0 Å². The number of unbranched alkanes of at least 4 members (excludes halogenated alkanes) is 9. The summed E-state index contributed by atoms with van der Waals surface area (Å²) in [6.07, 6.45) is 13.9. The van der Waals surface area contributed by atoms with Crippen molar-refractivity contribution in [1.82, 2.24) is 4.98 Å². The molecule has 3 aromatic rings. The maximum atomic E-state index is 12.6. The van der Waals surface area contributed by atoms with Crippen molar-refractivity contribution in [3.63, 3.8) is 0 Å². The summed E-state index contributed by atoms with van der Waals surface area (Å²) in [6.45, 7) is 9.23. The van der Waals surface area contributed by atoms with Crippen molar-refractivity contribution in [2.75, 3.05) is 19.8 Å². The summed E-state index contributed by atoms with van der Waals surface area (Å²) >= 11 is 0. The van der Waals surface area contributed by atoms with Gasteiger partial charge in [0.15, 0.2) is 0 Å². The van der Waals surface area contributed by atoms with Gasteiger partial charge in [0.1, 0.15) is 17.2 Å². The standard InChI is InChI=1S/C37H47NO6/c1-4-5-12-25-42-34-23-24-35(38-28-34)30-15-21-33(22-16-30)44-37(40)31-17-19-32(20-18-31)41-26-13-10-8-6-7-9-11-14-27-43-36(39)29(2)3/h15-24,28H,2,4-14,25-27H2,1,3H3. The van der Waals surface area contributed by atoms with Crippen LogP contribution >= 0.6 is 0 Å². The van der Waals surface area contributed by atoms with Crippen LogP contribution in [0.25, 0.3) is 11.3 Å². The van der Waals surface area contributed by atoms with Crippen molar-refractivity contribution in [3.05, 3.63) is 84.6 Å². The average Bonchev–Trinajstić information content (AvgIpc) is 3.04. The Morgan fingerprint density at radius 2 is 1.20 bits per heavy atom. The fraction of sp³-hybridized carbons (Fsp3) is 0.432. The largest absolute Gasteiger partial charge is 0.494 e. The van der Waals surface area contributed by atoms with Crippen LogP contribution in [0.4, 0.5) is 0 Å². The van der Waals surface area contributed by atoms with E-state index in [2.05, 4.69) is 18.5 Å². The lowest BCUT2D eigenvalue weighted by atomic mass is 10.1. The Labute approximate surface area is 262 Å². The minimum atomic E-state index is -0.417. The number of hydrogen-bond acceptors (Lipinski definition) is 7. The molecule has 236 valence electrons. The van der Waals surface area contributed by atoms with Gasteiger partial charge in [0, 0.05) is 11.1 Å². The van der Waals surface area contributed by atoms with Gasteiger partial charge < -0.3 is 18.9 Å². The number of esters is 2. The van der Waals surface area contributed by atoms with Gasteiger partial charge in [0.2, 0.25) is 0 Å². The van der Waals surface area contributed by atoms with E-state index in [1.807, 2.05) is 24.3 Å². The van der Waals surface area contributed by atoms with Crippen LogP contribution in [0, 0.1) is 0 Å². The number of pyridine rings is 1. The van der Waals surface area contributed by atoms with E-state index in [-0.39, 0.29) is 5.97 Å². The minimum Gasteiger partial charge on any atom is -0.494 e. The molecule has 0 saturated heterocycles. The van der Waals surface area contributed by atoms with Gasteiger partial charge >= 0.3 is 11.9 Å². The number of carbonyl (C=O) groups excluding carboxylic acids is 2. The van der Waals surface area contributed by atoms with Crippen LogP contribution < -0.4 is 14.2 Å². The molecular weight excluding hydrogens is 554 g/mol. The molecule has 1 heterocycles. The van der Waals surface area contributed by atoms with Crippen molar-refractivity contribution >= 4 is 11.9 Å².